The van der Waals surface area contributed by atoms with E-state index >= 15 is 4.39 Å². The van der Waals surface area contributed by atoms with E-state index in [9.17, 15) is 24.0 Å². The van der Waals surface area contributed by atoms with E-state index in [1.165, 1.54) is 43.3 Å². The Bertz CT molecular complexity index is 1780. The molecule has 1 saturated heterocycles. The molecule has 3 aromatic carbocycles. The molecule has 0 bridgehead atoms. The van der Waals surface area contributed by atoms with Crippen LogP contribution in [0.1, 0.15) is 44.2 Å². The van der Waals surface area contributed by atoms with Crippen molar-refractivity contribution < 1.29 is 33.0 Å². The van der Waals surface area contributed by atoms with E-state index in [0.717, 1.165) is 16.8 Å². The number of carbonyl (C=O) groups excluding carboxylic acids is 3. The van der Waals surface area contributed by atoms with Gasteiger partial charge in [0.05, 0.1) is 15.6 Å². The van der Waals surface area contributed by atoms with Crippen LogP contribution in [0, 0.1) is 0 Å². The maximum Gasteiger partial charge on any atom is 0.340 e. The van der Waals surface area contributed by atoms with Gasteiger partial charge in [-0.25, -0.2) is 18.8 Å². The number of rotatable bonds is 7. The van der Waals surface area contributed by atoms with Crippen LogP contribution in [0.3, 0.4) is 0 Å². The summed E-state index contributed by atoms with van der Waals surface area (Å²) in [7, 11) is 0. The molecule has 0 saturated carbocycles. The first-order valence-electron chi connectivity index (χ1n) is 13.0. The molecule has 10 nitrogen and oxygen atoms in total. The number of benzene rings is 3. The van der Waals surface area contributed by atoms with Gasteiger partial charge in [-0.1, -0.05) is 77.2 Å². The molecule has 2 heterocycles. The number of hydrogen-bond donors (Lipinski definition) is 0. The third kappa shape index (κ3) is 5.67. The van der Waals surface area contributed by atoms with E-state index in [4.69, 9.17) is 14.2 Å². The molecule has 43 heavy (non-hydrogen) atoms. The zero-order valence-electron chi connectivity index (χ0n) is 22.6. The van der Waals surface area contributed by atoms with Crippen molar-refractivity contribution in [2.24, 2.45) is 0 Å². The monoisotopic (exact) mass is 698 g/mol. The van der Waals surface area contributed by atoms with E-state index in [0.29, 0.717) is 4.57 Å². The van der Waals surface area contributed by atoms with Crippen LogP contribution in [0.4, 0.5) is 4.39 Å². The van der Waals surface area contributed by atoms with E-state index in [1.807, 2.05) is 0 Å². The van der Waals surface area contributed by atoms with Crippen LogP contribution in [0.5, 0.6) is 0 Å². The Morgan fingerprint density at radius 3 is 1.88 bits per heavy atom. The van der Waals surface area contributed by atoms with Gasteiger partial charge >= 0.3 is 17.6 Å². The second-order valence-corrected chi connectivity index (χ2v) is 10.6. The van der Waals surface area contributed by atoms with Crippen LogP contribution in [0.25, 0.3) is 0 Å². The van der Waals surface area contributed by atoms with E-state index < -0.39 is 57.3 Å². The van der Waals surface area contributed by atoms with Gasteiger partial charge in [-0.15, -0.1) is 0 Å². The lowest BCUT2D eigenvalue weighted by Crippen LogP contribution is -2.54. The Balaban J connectivity index is 1.64. The summed E-state index contributed by atoms with van der Waals surface area (Å²) < 4.78 is 34.6. The smallest absolute Gasteiger partial charge is 0.340 e. The van der Waals surface area contributed by atoms with Gasteiger partial charge in [0.2, 0.25) is 6.10 Å². The fourth-order valence-corrected chi connectivity index (χ4v) is 5.39. The van der Waals surface area contributed by atoms with Crippen molar-refractivity contribution >= 4 is 40.4 Å². The van der Waals surface area contributed by atoms with Gasteiger partial charge in [0.1, 0.15) is 0 Å². The van der Waals surface area contributed by atoms with Crippen molar-refractivity contribution in [2.45, 2.75) is 30.7 Å². The SMILES string of the molecule is C[C@]1(OC(=O)c2ccccc2)[C@H](n2ccc(=O)n(C(=O)c3ccccc3)c2=O)O[C@](F)(CI)[C@H]1OC(=O)c1ccccc1. The first kappa shape index (κ1) is 30.0. The number of alkyl halides is 2. The standard InChI is InChI=1S/C31H24FIN2O8/c1-30(42-26(39)22-15-9-4-10-16-22)27(41-25(38)21-13-7-3-8-14-21)31(32,19-33)43-28(30)34-18-17-23(36)35(29(34)40)24(37)20-11-5-2-6-12-20/h2-18,27-28H,19H2,1H3/t27-,28+,30+,31+/m0/s1. The molecule has 5 rings (SSSR count). The molecular weight excluding hydrogens is 674 g/mol. The van der Waals surface area contributed by atoms with Gasteiger partial charge in [0.15, 0.2) is 11.8 Å². The summed E-state index contributed by atoms with van der Waals surface area (Å²) in [4.78, 5) is 66.2. The molecule has 12 heteroatoms. The van der Waals surface area contributed by atoms with Crippen molar-refractivity contribution in [1.29, 1.82) is 0 Å². The van der Waals surface area contributed by atoms with Crippen molar-refractivity contribution in [3.05, 3.63) is 141 Å². The largest absolute Gasteiger partial charge is 0.448 e. The molecule has 0 N–H and O–H groups in total. The predicted molar refractivity (Wildman–Crippen MR) is 160 cm³/mol. The third-order valence-corrected chi connectivity index (χ3v) is 7.98. The number of nitrogens with zero attached hydrogens (tertiary/aromatic N) is 2. The highest BCUT2D eigenvalue weighted by molar-refractivity contribution is 14.1. The lowest BCUT2D eigenvalue weighted by Gasteiger charge is -2.35. The summed E-state index contributed by atoms with van der Waals surface area (Å²) in [6.07, 6.45) is -2.66. The average molecular weight is 698 g/mol. The lowest BCUT2D eigenvalue weighted by atomic mass is 9.94. The van der Waals surface area contributed by atoms with Gasteiger partial charge < -0.3 is 14.2 Å². The second-order valence-electron chi connectivity index (χ2n) is 9.83. The van der Waals surface area contributed by atoms with Crippen LogP contribution in [0.15, 0.2) is 113 Å². The highest BCUT2D eigenvalue weighted by Gasteiger charge is 2.68. The van der Waals surface area contributed by atoms with Crippen molar-refractivity contribution in [2.75, 3.05) is 4.43 Å². The molecule has 1 aromatic heterocycles. The fraction of sp³-hybridized carbons (Fsp3) is 0.194. The average Bonchev–Trinajstić information content (AvgIpc) is 3.24. The van der Waals surface area contributed by atoms with Gasteiger partial charge in [0.25, 0.3) is 17.3 Å². The molecule has 1 aliphatic rings. The zero-order chi connectivity index (χ0) is 30.8. The summed E-state index contributed by atoms with van der Waals surface area (Å²) in [5.74, 6) is -5.55. The molecule has 0 amide bonds. The molecule has 220 valence electrons. The summed E-state index contributed by atoms with van der Waals surface area (Å²) in [5.41, 5.74) is -4.07. The van der Waals surface area contributed by atoms with Crippen LogP contribution >= 0.6 is 22.6 Å². The predicted octanol–water partition coefficient (Wildman–Crippen LogP) is 4.17. The Kier molecular flexibility index (Phi) is 8.42. The second kappa shape index (κ2) is 12.1. The van der Waals surface area contributed by atoms with E-state index in [2.05, 4.69) is 0 Å². The third-order valence-electron chi connectivity index (χ3n) is 6.94. The minimum atomic E-state index is -2.77. The van der Waals surface area contributed by atoms with E-state index in [-0.39, 0.29) is 16.7 Å². The van der Waals surface area contributed by atoms with E-state index in [1.54, 1.807) is 77.2 Å². The van der Waals surface area contributed by atoms with Gasteiger partial charge in [-0.3, -0.25) is 14.2 Å². The Hall–Kier alpha value is -4.43. The van der Waals surface area contributed by atoms with Crippen LogP contribution in [-0.4, -0.2) is 49.0 Å². The first-order valence-corrected chi connectivity index (χ1v) is 14.5. The molecule has 0 spiro atoms. The highest BCUT2D eigenvalue weighted by Crippen LogP contribution is 2.50. The molecule has 0 unspecified atom stereocenters. The summed E-state index contributed by atoms with van der Waals surface area (Å²) in [6, 6.07) is 24.1. The maximum absolute atomic E-state index is 16.7. The lowest BCUT2D eigenvalue weighted by molar-refractivity contribution is -0.170. The number of halogens is 2. The topological polar surface area (TPSA) is 123 Å². The van der Waals surface area contributed by atoms with Crippen molar-refractivity contribution in [3.63, 3.8) is 0 Å². The normalized spacial score (nSPS) is 23.0. The summed E-state index contributed by atoms with van der Waals surface area (Å²) in [6.45, 7) is 1.26. The quantitative estimate of drug-likeness (QED) is 0.160. The maximum atomic E-state index is 16.7. The molecule has 4 aromatic rings. The first-order chi connectivity index (χ1) is 20.6. The number of ether oxygens (including phenoxy) is 3. The minimum absolute atomic E-state index is 0.0480. The number of aromatic nitrogens is 2. The van der Waals surface area contributed by atoms with Crippen molar-refractivity contribution in [1.82, 2.24) is 9.13 Å². The van der Waals surface area contributed by atoms with Gasteiger partial charge in [-0.05, 0) is 43.3 Å². The number of hydrogen-bond acceptors (Lipinski definition) is 8. The Morgan fingerprint density at radius 1 is 0.837 bits per heavy atom. The molecule has 0 aliphatic carbocycles. The Labute approximate surface area is 257 Å². The van der Waals surface area contributed by atoms with Crippen LogP contribution in [-0.2, 0) is 14.2 Å². The molecular formula is C31H24FIN2O8. The Morgan fingerprint density at radius 2 is 1.35 bits per heavy atom. The van der Waals surface area contributed by atoms with Gasteiger partial charge in [0, 0.05) is 17.8 Å². The molecule has 4 atom stereocenters. The molecule has 1 fully saturated rings. The zero-order valence-corrected chi connectivity index (χ0v) is 24.8. The minimum Gasteiger partial charge on any atom is -0.448 e. The highest BCUT2D eigenvalue weighted by atomic mass is 127. The summed E-state index contributed by atoms with van der Waals surface area (Å²) >= 11 is 1.68. The van der Waals surface area contributed by atoms with Crippen molar-refractivity contribution in [3.8, 4) is 0 Å². The number of esters is 2. The summed E-state index contributed by atoms with van der Waals surface area (Å²) in [5, 5.41) is 0. The molecule has 0 radical (unpaired) electrons. The number of carbonyl (C=O) groups is 3. The van der Waals surface area contributed by atoms with Gasteiger partial charge in [-0.2, -0.15) is 4.57 Å². The molecule has 1 aliphatic heterocycles. The van der Waals surface area contributed by atoms with Crippen LogP contribution < -0.4 is 11.2 Å². The fourth-order valence-electron chi connectivity index (χ4n) is 4.81. The van der Waals surface area contributed by atoms with Crippen LogP contribution in [0.2, 0.25) is 0 Å².